The molecule has 1 heterocycles. The first-order valence-corrected chi connectivity index (χ1v) is 4.89. The minimum Gasteiger partial charge on any atom is -0.391 e. The van der Waals surface area contributed by atoms with Gasteiger partial charge >= 0.3 is 0 Å². The molecule has 0 bridgehead atoms. The Labute approximate surface area is 85.0 Å². The number of aryl methyl sites for hydroxylation is 1. The van der Waals surface area contributed by atoms with Gasteiger partial charge in [0.05, 0.1) is 17.8 Å². The molecule has 0 aliphatic heterocycles. The third kappa shape index (κ3) is 2.53. The average molecular weight is 194 g/mol. The largest absolute Gasteiger partial charge is 0.391 e. The second kappa shape index (κ2) is 4.53. The zero-order valence-electron chi connectivity index (χ0n) is 8.94. The molecule has 1 aromatic rings. The van der Waals surface area contributed by atoms with Crippen LogP contribution in [0.4, 0.5) is 0 Å². The summed E-state index contributed by atoms with van der Waals surface area (Å²) in [6.45, 7) is 5.80. The summed E-state index contributed by atoms with van der Waals surface area (Å²) in [6, 6.07) is 5.28. The van der Waals surface area contributed by atoms with Gasteiger partial charge in [-0.3, -0.25) is 4.98 Å². The highest BCUT2D eigenvalue weighted by Crippen LogP contribution is 2.17. The van der Waals surface area contributed by atoms with Crippen LogP contribution >= 0.6 is 0 Å². The van der Waals surface area contributed by atoms with E-state index < -0.39 is 12.1 Å². The fourth-order valence-electron chi connectivity index (χ4n) is 1.34. The van der Waals surface area contributed by atoms with Crippen LogP contribution < -0.4 is 5.73 Å². The fraction of sp³-hybridized carbons (Fsp3) is 0.545. The van der Waals surface area contributed by atoms with Gasteiger partial charge in [0.1, 0.15) is 0 Å². The molecule has 0 aromatic carbocycles. The lowest BCUT2D eigenvalue weighted by molar-refractivity contribution is 0.0965. The van der Waals surface area contributed by atoms with Gasteiger partial charge in [-0.05, 0) is 25.0 Å². The van der Waals surface area contributed by atoms with Crippen molar-refractivity contribution in [3.05, 3.63) is 29.6 Å². The molecule has 0 radical (unpaired) electrons. The van der Waals surface area contributed by atoms with Crippen molar-refractivity contribution in [1.29, 1.82) is 0 Å². The monoisotopic (exact) mass is 194 g/mol. The third-order valence-corrected chi connectivity index (χ3v) is 2.30. The summed E-state index contributed by atoms with van der Waals surface area (Å²) >= 11 is 0. The molecule has 2 atom stereocenters. The van der Waals surface area contributed by atoms with Gasteiger partial charge in [0, 0.05) is 5.69 Å². The van der Waals surface area contributed by atoms with Crippen LogP contribution in [0.25, 0.3) is 0 Å². The van der Waals surface area contributed by atoms with Crippen LogP contribution in [-0.2, 0) is 0 Å². The molecular weight excluding hydrogens is 176 g/mol. The van der Waals surface area contributed by atoms with Gasteiger partial charge in [0.2, 0.25) is 0 Å². The molecule has 1 rings (SSSR count). The normalized spacial score (nSPS) is 15.6. The van der Waals surface area contributed by atoms with Gasteiger partial charge in [-0.15, -0.1) is 0 Å². The van der Waals surface area contributed by atoms with E-state index in [0.29, 0.717) is 0 Å². The molecule has 0 aliphatic carbocycles. The molecule has 0 saturated heterocycles. The van der Waals surface area contributed by atoms with E-state index in [1.165, 1.54) is 0 Å². The number of aromatic nitrogens is 1. The van der Waals surface area contributed by atoms with E-state index in [2.05, 4.69) is 4.98 Å². The first-order chi connectivity index (χ1) is 6.52. The van der Waals surface area contributed by atoms with Gasteiger partial charge in [-0.25, -0.2) is 0 Å². The van der Waals surface area contributed by atoms with Crippen molar-refractivity contribution in [2.75, 3.05) is 0 Å². The summed E-state index contributed by atoms with van der Waals surface area (Å²) in [6.07, 6.45) is -0.538. The van der Waals surface area contributed by atoms with Crippen molar-refractivity contribution in [1.82, 2.24) is 4.98 Å². The van der Waals surface area contributed by atoms with Crippen LogP contribution in [0.3, 0.4) is 0 Å². The Morgan fingerprint density at radius 3 is 2.50 bits per heavy atom. The quantitative estimate of drug-likeness (QED) is 0.764. The number of pyridine rings is 1. The molecule has 3 N–H and O–H groups in total. The molecular formula is C11H18N2O. The standard InChI is InChI=1S/C11H18N2O/c1-7(2)11(14)10(12)9-6-4-5-8(3)13-9/h4-7,10-11,14H,12H2,1-3H3/t10-,11+/m0/s1. The molecule has 78 valence electrons. The Morgan fingerprint density at radius 1 is 1.36 bits per heavy atom. The lowest BCUT2D eigenvalue weighted by atomic mass is 9.97. The summed E-state index contributed by atoms with van der Waals surface area (Å²) in [4.78, 5) is 4.29. The van der Waals surface area contributed by atoms with Gasteiger partial charge in [-0.2, -0.15) is 0 Å². The maximum absolute atomic E-state index is 9.77. The number of nitrogens with zero attached hydrogens (tertiary/aromatic N) is 1. The SMILES string of the molecule is Cc1cccc([C@H](N)[C@H](O)C(C)C)n1. The number of nitrogens with two attached hydrogens (primary N) is 1. The van der Waals surface area contributed by atoms with Crippen molar-refractivity contribution < 1.29 is 5.11 Å². The van der Waals surface area contributed by atoms with Crippen LogP contribution in [0.5, 0.6) is 0 Å². The highest BCUT2D eigenvalue weighted by molar-refractivity contribution is 5.14. The zero-order chi connectivity index (χ0) is 10.7. The Kier molecular flexibility index (Phi) is 3.61. The number of rotatable bonds is 3. The summed E-state index contributed by atoms with van der Waals surface area (Å²) in [5.41, 5.74) is 7.58. The van der Waals surface area contributed by atoms with Crippen molar-refractivity contribution in [2.24, 2.45) is 11.7 Å². The van der Waals surface area contributed by atoms with Gasteiger partial charge in [0.25, 0.3) is 0 Å². The average Bonchev–Trinajstić information content (AvgIpc) is 2.15. The highest BCUT2D eigenvalue weighted by Gasteiger charge is 2.20. The Bertz CT molecular complexity index is 299. The van der Waals surface area contributed by atoms with E-state index in [1.54, 1.807) is 0 Å². The van der Waals surface area contributed by atoms with Crippen molar-refractivity contribution in [2.45, 2.75) is 32.9 Å². The van der Waals surface area contributed by atoms with E-state index in [9.17, 15) is 5.11 Å². The van der Waals surface area contributed by atoms with Crippen LogP contribution in [0.2, 0.25) is 0 Å². The number of hydrogen-bond acceptors (Lipinski definition) is 3. The summed E-state index contributed by atoms with van der Waals surface area (Å²) < 4.78 is 0. The molecule has 3 nitrogen and oxygen atoms in total. The van der Waals surface area contributed by atoms with E-state index in [4.69, 9.17) is 5.73 Å². The minimum atomic E-state index is -0.538. The Morgan fingerprint density at radius 2 is 2.00 bits per heavy atom. The number of aliphatic hydroxyl groups is 1. The zero-order valence-corrected chi connectivity index (χ0v) is 8.94. The summed E-state index contributed by atoms with van der Waals surface area (Å²) in [5.74, 6) is 0.146. The Hall–Kier alpha value is -0.930. The smallest absolute Gasteiger partial charge is 0.0771 e. The molecule has 1 aromatic heterocycles. The first kappa shape index (κ1) is 11.1. The highest BCUT2D eigenvalue weighted by atomic mass is 16.3. The molecule has 14 heavy (non-hydrogen) atoms. The maximum atomic E-state index is 9.77. The molecule has 3 heteroatoms. The van der Waals surface area contributed by atoms with Crippen LogP contribution in [0.15, 0.2) is 18.2 Å². The van der Waals surface area contributed by atoms with Gasteiger partial charge in [0.15, 0.2) is 0 Å². The molecule has 0 aliphatic rings. The van der Waals surface area contributed by atoms with E-state index in [1.807, 2.05) is 39.0 Å². The van der Waals surface area contributed by atoms with E-state index >= 15 is 0 Å². The lowest BCUT2D eigenvalue weighted by Crippen LogP contribution is -2.31. The lowest BCUT2D eigenvalue weighted by Gasteiger charge is -2.21. The Balaban J connectivity index is 2.83. The van der Waals surface area contributed by atoms with Crippen LogP contribution in [0.1, 0.15) is 31.3 Å². The third-order valence-electron chi connectivity index (χ3n) is 2.30. The van der Waals surface area contributed by atoms with Crippen molar-refractivity contribution >= 4 is 0 Å². The second-order valence-corrected chi connectivity index (χ2v) is 3.96. The second-order valence-electron chi connectivity index (χ2n) is 3.96. The summed E-state index contributed by atoms with van der Waals surface area (Å²) in [5, 5.41) is 9.77. The number of hydrogen-bond donors (Lipinski definition) is 2. The van der Waals surface area contributed by atoms with Gasteiger partial charge < -0.3 is 10.8 Å². The molecule has 0 spiro atoms. The predicted molar refractivity (Wildman–Crippen MR) is 56.7 cm³/mol. The van der Waals surface area contributed by atoms with Crippen LogP contribution in [0, 0.1) is 12.8 Å². The maximum Gasteiger partial charge on any atom is 0.0771 e. The fourth-order valence-corrected chi connectivity index (χ4v) is 1.34. The topological polar surface area (TPSA) is 59.1 Å². The molecule has 0 fully saturated rings. The van der Waals surface area contributed by atoms with E-state index in [0.717, 1.165) is 11.4 Å². The minimum absolute atomic E-state index is 0.146. The predicted octanol–water partition coefficient (Wildman–Crippen LogP) is 1.41. The van der Waals surface area contributed by atoms with Gasteiger partial charge in [-0.1, -0.05) is 19.9 Å². The summed E-state index contributed by atoms with van der Waals surface area (Å²) in [7, 11) is 0. The van der Waals surface area contributed by atoms with Crippen molar-refractivity contribution in [3.63, 3.8) is 0 Å². The molecule has 0 saturated carbocycles. The number of aliphatic hydroxyl groups excluding tert-OH is 1. The molecule has 0 unspecified atom stereocenters. The van der Waals surface area contributed by atoms with Crippen molar-refractivity contribution in [3.8, 4) is 0 Å². The van der Waals surface area contributed by atoms with Crippen LogP contribution in [-0.4, -0.2) is 16.2 Å². The van der Waals surface area contributed by atoms with E-state index in [-0.39, 0.29) is 5.92 Å². The first-order valence-electron chi connectivity index (χ1n) is 4.89. The molecule has 0 amide bonds.